The standard InChI is InChI=1S/C17H26N2O/c1-5-17(19,13-18)10-7-11-20-15-9-6-8-14(12-15)16(2,3)4/h6,8-9,12H,5,7,10-11,19H2,1-4H3. The Kier molecular flexibility index (Phi) is 5.59. The Morgan fingerprint density at radius 3 is 2.55 bits per heavy atom. The summed E-state index contributed by atoms with van der Waals surface area (Å²) in [5.41, 5.74) is 6.61. The molecule has 3 nitrogen and oxygen atoms in total. The molecule has 3 heteroatoms. The van der Waals surface area contributed by atoms with Gasteiger partial charge in [-0.05, 0) is 42.4 Å². The fourth-order valence-corrected chi connectivity index (χ4v) is 1.94. The quantitative estimate of drug-likeness (QED) is 0.803. The molecule has 0 spiro atoms. The Hall–Kier alpha value is -1.53. The van der Waals surface area contributed by atoms with Crippen LogP contribution in [0.25, 0.3) is 0 Å². The molecule has 1 aromatic rings. The summed E-state index contributed by atoms with van der Waals surface area (Å²) in [6.45, 7) is 9.08. The zero-order valence-corrected chi connectivity index (χ0v) is 13.1. The van der Waals surface area contributed by atoms with Gasteiger partial charge in [-0.1, -0.05) is 39.8 Å². The number of ether oxygens (including phenoxy) is 1. The molecular weight excluding hydrogens is 248 g/mol. The van der Waals surface area contributed by atoms with Crippen LogP contribution in [0.3, 0.4) is 0 Å². The predicted octanol–water partition coefficient (Wildman–Crippen LogP) is 3.77. The van der Waals surface area contributed by atoms with E-state index in [2.05, 4.69) is 39.0 Å². The molecule has 0 aliphatic rings. The van der Waals surface area contributed by atoms with E-state index in [9.17, 15) is 0 Å². The third-order valence-corrected chi connectivity index (χ3v) is 3.59. The molecule has 0 radical (unpaired) electrons. The monoisotopic (exact) mass is 274 g/mol. The minimum absolute atomic E-state index is 0.120. The van der Waals surface area contributed by atoms with Crippen LogP contribution in [0.15, 0.2) is 24.3 Å². The Labute approximate surface area is 122 Å². The fourth-order valence-electron chi connectivity index (χ4n) is 1.94. The highest BCUT2D eigenvalue weighted by Crippen LogP contribution is 2.25. The van der Waals surface area contributed by atoms with Gasteiger partial charge in [0.15, 0.2) is 0 Å². The van der Waals surface area contributed by atoms with Crippen LogP contribution in [0, 0.1) is 11.3 Å². The molecule has 1 aromatic carbocycles. The molecule has 0 heterocycles. The van der Waals surface area contributed by atoms with E-state index in [4.69, 9.17) is 15.7 Å². The maximum Gasteiger partial charge on any atom is 0.119 e. The Bertz CT molecular complexity index is 471. The van der Waals surface area contributed by atoms with Crippen LogP contribution in [-0.4, -0.2) is 12.1 Å². The second-order valence-corrected chi connectivity index (χ2v) is 6.35. The van der Waals surface area contributed by atoms with Crippen molar-refractivity contribution in [2.45, 2.75) is 57.9 Å². The highest BCUT2D eigenvalue weighted by molar-refractivity contribution is 5.32. The van der Waals surface area contributed by atoms with Crippen LogP contribution in [-0.2, 0) is 5.41 Å². The maximum absolute atomic E-state index is 9.01. The molecule has 0 amide bonds. The summed E-state index contributed by atoms with van der Waals surface area (Å²) in [6, 6.07) is 10.4. The number of nitriles is 1. The van der Waals surface area contributed by atoms with E-state index in [1.54, 1.807) is 0 Å². The van der Waals surface area contributed by atoms with Crippen molar-refractivity contribution in [1.82, 2.24) is 0 Å². The second kappa shape index (κ2) is 6.76. The van der Waals surface area contributed by atoms with E-state index in [1.807, 2.05) is 19.1 Å². The van der Waals surface area contributed by atoms with Gasteiger partial charge in [0, 0.05) is 0 Å². The zero-order chi connectivity index (χ0) is 15.2. The van der Waals surface area contributed by atoms with Crippen molar-refractivity contribution in [3.63, 3.8) is 0 Å². The number of nitrogens with two attached hydrogens (primary N) is 1. The van der Waals surface area contributed by atoms with E-state index in [-0.39, 0.29) is 5.41 Å². The smallest absolute Gasteiger partial charge is 0.119 e. The summed E-state index contributed by atoms with van der Waals surface area (Å²) >= 11 is 0. The summed E-state index contributed by atoms with van der Waals surface area (Å²) in [4.78, 5) is 0. The molecule has 1 atom stereocenters. The van der Waals surface area contributed by atoms with Gasteiger partial charge < -0.3 is 10.5 Å². The third-order valence-electron chi connectivity index (χ3n) is 3.59. The first-order chi connectivity index (χ1) is 9.30. The van der Waals surface area contributed by atoms with Gasteiger partial charge in [-0.2, -0.15) is 5.26 Å². The van der Waals surface area contributed by atoms with Gasteiger partial charge in [0.2, 0.25) is 0 Å². The third kappa shape index (κ3) is 4.86. The van der Waals surface area contributed by atoms with Crippen molar-refractivity contribution in [3.8, 4) is 11.8 Å². The number of nitrogens with zero attached hydrogens (tertiary/aromatic N) is 1. The molecule has 110 valence electrons. The zero-order valence-electron chi connectivity index (χ0n) is 13.1. The van der Waals surface area contributed by atoms with Crippen molar-refractivity contribution in [2.75, 3.05) is 6.61 Å². The summed E-state index contributed by atoms with van der Waals surface area (Å²) in [5.74, 6) is 0.883. The van der Waals surface area contributed by atoms with Gasteiger partial charge in [0.05, 0.1) is 12.7 Å². The SMILES string of the molecule is CCC(N)(C#N)CCCOc1cccc(C(C)(C)C)c1. The van der Waals surface area contributed by atoms with Crippen molar-refractivity contribution < 1.29 is 4.74 Å². The summed E-state index contributed by atoms with van der Waals surface area (Å²) in [6.07, 6.45) is 2.12. The first-order valence-electron chi connectivity index (χ1n) is 7.24. The van der Waals surface area contributed by atoms with E-state index in [0.717, 1.165) is 12.2 Å². The number of rotatable bonds is 6. The highest BCUT2D eigenvalue weighted by atomic mass is 16.5. The van der Waals surface area contributed by atoms with Crippen LogP contribution in [0.4, 0.5) is 0 Å². The fraction of sp³-hybridized carbons (Fsp3) is 0.588. The Balaban J connectivity index is 2.50. The largest absolute Gasteiger partial charge is 0.494 e. The molecule has 0 aliphatic carbocycles. The van der Waals surface area contributed by atoms with E-state index >= 15 is 0 Å². The van der Waals surface area contributed by atoms with Crippen LogP contribution < -0.4 is 10.5 Å². The summed E-state index contributed by atoms with van der Waals surface area (Å²) < 4.78 is 5.76. The molecule has 20 heavy (non-hydrogen) atoms. The van der Waals surface area contributed by atoms with Crippen molar-refractivity contribution in [3.05, 3.63) is 29.8 Å². The molecule has 1 rings (SSSR count). The van der Waals surface area contributed by atoms with Gasteiger partial charge in [0.25, 0.3) is 0 Å². The van der Waals surface area contributed by atoms with Gasteiger partial charge in [-0.3, -0.25) is 0 Å². The predicted molar refractivity (Wildman–Crippen MR) is 82.7 cm³/mol. The normalized spacial score (nSPS) is 14.4. The molecule has 1 unspecified atom stereocenters. The lowest BCUT2D eigenvalue weighted by molar-refractivity contribution is 0.291. The van der Waals surface area contributed by atoms with Gasteiger partial charge in [-0.25, -0.2) is 0 Å². The maximum atomic E-state index is 9.01. The molecule has 0 saturated carbocycles. The molecule has 2 N–H and O–H groups in total. The van der Waals surface area contributed by atoms with Gasteiger partial charge in [-0.15, -0.1) is 0 Å². The molecule has 0 bridgehead atoms. The summed E-state index contributed by atoms with van der Waals surface area (Å²) in [5, 5.41) is 9.01. The van der Waals surface area contributed by atoms with Crippen molar-refractivity contribution in [2.24, 2.45) is 5.73 Å². The number of hydrogen-bond donors (Lipinski definition) is 1. The minimum Gasteiger partial charge on any atom is -0.494 e. The van der Waals surface area contributed by atoms with Crippen LogP contribution in [0.5, 0.6) is 5.75 Å². The Morgan fingerprint density at radius 2 is 2.00 bits per heavy atom. The highest BCUT2D eigenvalue weighted by Gasteiger charge is 2.21. The van der Waals surface area contributed by atoms with E-state index in [1.165, 1.54) is 5.56 Å². The lowest BCUT2D eigenvalue weighted by atomic mass is 9.87. The van der Waals surface area contributed by atoms with E-state index in [0.29, 0.717) is 19.4 Å². The van der Waals surface area contributed by atoms with Crippen LogP contribution in [0.1, 0.15) is 52.5 Å². The topological polar surface area (TPSA) is 59.0 Å². The molecule has 0 aliphatic heterocycles. The van der Waals surface area contributed by atoms with Crippen molar-refractivity contribution in [1.29, 1.82) is 5.26 Å². The minimum atomic E-state index is -0.712. The molecule has 0 saturated heterocycles. The van der Waals surface area contributed by atoms with Crippen LogP contribution >= 0.6 is 0 Å². The van der Waals surface area contributed by atoms with Crippen molar-refractivity contribution >= 4 is 0 Å². The first-order valence-corrected chi connectivity index (χ1v) is 7.24. The molecule has 0 fully saturated rings. The lowest BCUT2D eigenvalue weighted by Gasteiger charge is -2.20. The van der Waals surface area contributed by atoms with Gasteiger partial charge in [0.1, 0.15) is 11.3 Å². The number of benzene rings is 1. The van der Waals surface area contributed by atoms with Gasteiger partial charge >= 0.3 is 0 Å². The lowest BCUT2D eigenvalue weighted by Crippen LogP contribution is -2.37. The number of hydrogen-bond acceptors (Lipinski definition) is 3. The Morgan fingerprint density at radius 1 is 1.30 bits per heavy atom. The van der Waals surface area contributed by atoms with E-state index < -0.39 is 5.54 Å². The van der Waals surface area contributed by atoms with Crippen LogP contribution in [0.2, 0.25) is 0 Å². The molecule has 0 aromatic heterocycles. The average molecular weight is 274 g/mol. The molecular formula is C17H26N2O. The first kappa shape index (κ1) is 16.5. The summed E-state index contributed by atoms with van der Waals surface area (Å²) in [7, 11) is 0. The second-order valence-electron chi connectivity index (χ2n) is 6.35. The average Bonchev–Trinajstić information content (AvgIpc) is 2.43.